The first-order valence-corrected chi connectivity index (χ1v) is 5.62. The number of nitrogens with one attached hydrogen (secondary N) is 1. The van der Waals surface area contributed by atoms with Crippen LogP contribution < -0.4 is 5.32 Å². The van der Waals surface area contributed by atoms with E-state index in [4.69, 9.17) is 5.11 Å². The quantitative estimate of drug-likeness (QED) is 0.863. The molecule has 0 aliphatic carbocycles. The molecule has 1 unspecified atom stereocenters. The monoisotopic (exact) mass is 253 g/mol. The number of carbonyl (C=O) groups excluding carboxylic acids is 1. The maximum Gasteiger partial charge on any atom is 0.329 e. The van der Waals surface area contributed by atoms with Crippen molar-refractivity contribution >= 4 is 11.9 Å². The lowest BCUT2D eigenvalue weighted by Crippen LogP contribution is -2.51. The number of carboxylic acid groups (broad SMARTS) is 1. The zero-order valence-corrected chi connectivity index (χ0v) is 10.6. The van der Waals surface area contributed by atoms with Gasteiger partial charge in [0.15, 0.2) is 0 Å². The van der Waals surface area contributed by atoms with Crippen LogP contribution in [0.2, 0.25) is 0 Å². The van der Waals surface area contributed by atoms with Crippen molar-refractivity contribution in [2.24, 2.45) is 0 Å². The lowest BCUT2D eigenvalue weighted by atomic mass is 9.98. The summed E-state index contributed by atoms with van der Waals surface area (Å²) in [6.07, 6.45) is 0.210. The molecule has 0 radical (unpaired) electrons. The van der Waals surface area contributed by atoms with Crippen LogP contribution in [0.5, 0.6) is 0 Å². The molecule has 0 aromatic heterocycles. The van der Waals surface area contributed by atoms with Crippen molar-refractivity contribution in [1.82, 2.24) is 5.32 Å². The van der Waals surface area contributed by atoms with Crippen LogP contribution in [0.15, 0.2) is 18.2 Å². The Morgan fingerprint density at radius 1 is 1.44 bits per heavy atom. The Morgan fingerprint density at radius 2 is 2.06 bits per heavy atom. The summed E-state index contributed by atoms with van der Waals surface area (Å²) in [4.78, 5) is 22.9. The predicted molar refractivity (Wildman–Crippen MR) is 64.9 cm³/mol. The van der Waals surface area contributed by atoms with E-state index in [0.29, 0.717) is 0 Å². The third-order valence-electron chi connectivity index (χ3n) is 2.94. The Hall–Kier alpha value is -1.91. The average Bonchev–Trinajstić information content (AvgIpc) is 2.31. The second-order valence-electron chi connectivity index (χ2n) is 4.43. The van der Waals surface area contributed by atoms with E-state index in [9.17, 15) is 14.0 Å². The van der Waals surface area contributed by atoms with Gasteiger partial charge in [0.1, 0.15) is 11.4 Å². The van der Waals surface area contributed by atoms with Crippen LogP contribution in [-0.4, -0.2) is 22.5 Å². The molecule has 0 spiro atoms. The first-order chi connectivity index (χ1) is 8.30. The summed E-state index contributed by atoms with van der Waals surface area (Å²) in [6, 6.07) is 4.12. The lowest BCUT2D eigenvalue weighted by molar-refractivity contribution is -0.143. The van der Waals surface area contributed by atoms with Gasteiger partial charge >= 0.3 is 5.97 Å². The van der Waals surface area contributed by atoms with Crippen molar-refractivity contribution in [1.29, 1.82) is 0 Å². The fourth-order valence-corrected chi connectivity index (χ4v) is 1.42. The predicted octanol–water partition coefficient (Wildman–Crippen LogP) is 2.12. The van der Waals surface area contributed by atoms with Gasteiger partial charge in [-0.15, -0.1) is 0 Å². The second-order valence-corrected chi connectivity index (χ2v) is 4.43. The summed E-state index contributed by atoms with van der Waals surface area (Å²) in [5, 5.41) is 11.4. The molecular weight excluding hydrogens is 237 g/mol. The first-order valence-electron chi connectivity index (χ1n) is 5.62. The zero-order chi connectivity index (χ0) is 13.9. The molecule has 0 aliphatic rings. The van der Waals surface area contributed by atoms with Crippen LogP contribution in [0, 0.1) is 12.7 Å². The van der Waals surface area contributed by atoms with Crippen LogP contribution in [0.1, 0.15) is 36.2 Å². The highest BCUT2D eigenvalue weighted by Gasteiger charge is 2.33. The molecule has 98 valence electrons. The average molecular weight is 253 g/mol. The zero-order valence-electron chi connectivity index (χ0n) is 10.6. The van der Waals surface area contributed by atoms with Gasteiger partial charge in [-0.1, -0.05) is 18.6 Å². The van der Waals surface area contributed by atoms with Crippen LogP contribution >= 0.6 is 0 Å². The van der Waals surface area contributed by atoms with Gasteiger partial charge in [0.25, 0.3) is 5.91 Å². The minimum Gasteiger partial charge on any atom is -0.480 e. The molecule has 4 nitrogen and oxygen atoms in total. The van der Waals surface area contributed by atoms with Crippen molar-refractivity contribution < 1.29 is 19.1 Å². The molecular formula is C13H16FNO3. The summed E-state index contributed by atoms with van der Waals surface area (Å²) in [7, 11) is 0. The Kier molecular flexibility index (Phi) is 4.06. The van der Waals surface area contributed by atoms with Crippen LogP contribution in [0.25, 0.3) is 0 Å². The summed E-state index contributed by atoms with van der Waals surface area (Å²) in [6.45, 7) is 4.76. The molecule has 1 aromatic rings. The van der Waals surface area contributed by atoms with E-state index in [1.165, 1.54) is 19.1 Å². The second kappa shape index (κ2) is 5.16. The third kappa shape index (κ3) is 2.85. The summed E-state index contributed by atoms with van der Waals surface area (Å²) in [5.41, 5.74) is -0.807. The highest BCUT2D eigenvalue weighted by molar-refractivity contribution is 5.98. The number of rotatable bonds is 4. The fraction of sp³-hybridized carbons (Fsp3) is 0.385. The summed E-state index contributed by atoms with van der Waals surface area (Å²) in [5.74, 6) is -2.53. The minimum absolute atomic E-state index is 0.143. The molecule has 1 aromatic carbocycles. The van der Waals surface area contributed by atoms with Crippen molar-refractivity contribution in [2.75, 3.05) is 0 Å². The molecule has 1 atom stereocenters. The smallest absolute Gasteiger partial charge is 0.329 e. The largest absolute Gasteiger partial charge is 0.480 e. The Morgan fingerprint density at radius 3 is 2.56 bits per heavy atom. The van der Waals surface area contributed by atoms with E-state index in [-0.39, 0.29) is 12.0 Å². The number of aliphatic carboxylic acids is 1. The molecule has 0 aliphatic heterocycles. The SMILES string of the molecule is CCC(C)(NC(=O)c1cc(C)ccc1F)C(=O)O. The molecule has 1 rings (SSSR count). The first kappa shape index (κ1) is 14.2. The van der Waals surface area contributed by atoms with Gasteiger partial charge in [-0.25, -0.2) is 9.18 Å². The van der Waals surface area contributed by atoms with Gasteiger partial charge in [-0.2, -0.15) is 0 Å². The number of benzene rings is 1. The van der Waals surface area contributed by atoms with Gasteiger partial charge < -0.3 is 10.4 Å². The van der Waals surface area contributed by atoms with Crippen LogP contribution in [0.4, 0.5) is 4.39 Å². The van der Waals surface area contributed by atoms with Crippen molar-refractivity contribution in [2.45, 2.75) is 32.7 Å². The molecule has 0 saturated carbocycles. The van der Waals surface area contributed by atoms with Crippen molar-refractivity contribution in [3.63, 3.8) is 0 Å². The van der Waals surface area contributed by atoms with Gasteiger partial charge in [0, 0.05) is 0 Å². The van der Waals surface area contributed by atoms with Gasteiger partial charge in [0.2, 0.25) is 0 Å². The standard InChI is InChI=1S/C13H16FNO3/c1-4-13(3,12(17)18)15-11(16)9-7-8(2)5-6-10(9)14/h5-7H,4H2,1-3H3,(H,15,16)(H,17,18). The molecule has 0 heterocycles. The van der Waals surface area contributed by atoms with Crippen LogP contribution in [0.3, 0.4) is 0 Å². The Bertz CT molecular complexity index is 487. The summed E-state index contributed by atoms with van der Waals surface area (Å²) < 4.78 is 13.5. The molecule has 5 heteroatoms. The normalized spacial score (nSPS) is 13.8. The maximum atomic E-state index is 13.5. The van der Waals surface area contributed by atoms with E-state index < -0.39 is 23.2 Å². The molecule has 18 heavy (non-hydrogen) atoms. The number of carbonyl (C=O) groups is 2. The van der Waals surface area contributed by atoms with E-state index in [2.05, 4.69) is 5.32 Å². The number of hydrogen-bond acceptors (Lipinski definition) is 2. The molecule has 2 N–H and O–H groups in total. The number of hydrogen-bond donors (Lipinski definition) is 2. The van der Waals surface area contributed by atoms with Crippen LogP contribution in [-0.2, 0) is 4.79 Å². The van der Waals surface area contributed by atoms with Gasteiger partial charge in [-0.3, -0.25) is 4.79 Å². The van der Waals surface area contributed by atoms with E-state index in [0.717, 1.165) is 5.56 Å². The molecule has 1 amide bonds. The summed E-state index contributed by atoms with van der Waals surface area (Å²) >= 11 is 0. The van der Waals surface area contributed by atoms with E-state index >= 15 is 0 Å². The molecule has 0 saturated heterocycles. The third-order valence-corrected chi connectivity index (χ3v) is 2.94. The fourth-order valence-electron chi connectivity index (χ4n) is 1.42. The minimum atomic E-state index is -1.40. The van der Waals surface area contributed by atoms with E-state index in [1.54, 1.807) is 19.9 Å². The topological polar surface area (TPSA) is 66.4 Å². The highest BCUT2D eigenvalue weighted by Crippen LogP contribution is 2.14. The number of halogens is 1. The van der Waals surface area contributed by atoms with Crippen molar-refractivity contribution in [3.05, 3.63) is 35.1 Å². The maximum absolute atomic E-state index is 13.5. The van der Waals surface area contributed by atoms with Gasteiger partial charge in [0.05, 0.1) is 5.56 Å². The lowest BCUT2D eigenvalue weighted by Gasteiger charge is -2.24. The molecule has 0 bridgehead atoms. The Labute approximate surface area is 105 Å². The number of amides is 1. The van der Waals surface area contributed by atoms with Gasteiger partial charge in [-0.05, 0) is 32.4 Å². The Balaban J connectivity index is 3.02. The van der Waals surface area contributed by atoms with E-state index in [1.807, 2.05) is 0 Å². The number of aryl methyl sites for hydroxylation is 1. The highest BCUT2D eigenvalue weighted by atomic mass is 19.1. The number of carboxylic acids is 1. The molecule has 0 fully saturated rings. The van der Waals surface area contributed by atoms with Crippen molar-refractivity contribution in [3.8, 4) is 0 Å².